The smallest absolute Gasteiger partial charge is 0.315 e. The Kier molecular flexibility index (Phi) is 19.1. The molecule has 0 bridgehead atoms. The highest BCUT2D eigenvalue weighted by molar-refractivity contribution is 5.75. The summed E-state index contributed by atoms with van der Waals surface area (Å²) in [7, 11) is 0. The first-order valence-corrected chi connectivity index (χ1v) is 22.0. The zero-order chi connectivity index (χ0) is 40.1. The highest BCUT2D eigenvalue weighted by atomic mass is 16.7. The molecular formula is C50H69N3O4. The lowest BCUT2D eigenvalue weighted by Gasteiger charge is -2.43. The first kappa shape index (κ1) is 44.1. The van der Waals surface area contributed by atoms with Crippen LogP contribution in [0.1, 0.15) is 138 Å². The first-order chi connectivity index (χ1) is 28.0. The molecule has 7 nitrogen and oxygen atoms in total. The Morgan fingerprint density at radius 2 is 1.21 bits per heavy atom. The zero-order valence-corrected chi connectivity index (χ0v) is 35.0. The summed E-state index contributed by atoms with van der Waals surface area (Å²) in [6.07, 6.45) is 14.9. The van der Waals surface area contributed by atoms with E-state index in [0.29, 0.717) is 13.1 Å². The lowest BCUT2D eigenvalue weighted by atomic mass is 9.89. The predicted octanol–water partition coefficient (Wildman–Crippen LogP) is 11.7. The average molecular weight is 776 g/mol. The molecule has 1 aliphatic rings. The van der Waals surface area contributed by atoms with Crippen LogP contribution in [-0.2, 0) is 29.2 Å². The van der Waals surface area contributed by atoms with E-state index in [-0.39, 0.29) is 30.8 Å². The van der Waals surface area contributed by atoms with Gasteiger partial charge in [-0.15, -0.1) is 0 Å². The average Bonchev–Trinajstić information content (AvgIpc) is 3.25. The van der Waals surface area contributed by atoms with Gasteiger partial charge in [-0.3, -0.25) is 0 Å². The molecule has 0 aliphatic carbocycles. The van der Waals surface area contributed by atoms with E-state index in [1.807, 2.05) is 54.6 Å². The zero-order valence-electron chi connectivity index (χ0n) is 35.0. The Bertz CT molecular complexity index is 1680. The Morgan fingerprint density at radius 3 is 1.86 bits per heavy atom. The molecule has 4 aromatic rings. The highest BCUT2D eigenvalue weighted by Gasteiger charge is 2.39. The maximum atomic E-state index is 12.7. The van der Waals surface area contributed by atoms with Crippen LogP contribution >= 0.6 is 0 Å². The number of hydrogen-bond acceptors (Lipinski definition) is 5. The largest absolute Gasteiger partial charge is 0.392 e. The molecule has 1 fully saturated rings. The lowest BCUT2D eigenvalue weighted by Crippen LogP contribution is -2.45. The number of benzene rings is 4. The Morgan fingerprint density at radius 1 is 0.632 bits per heavy atom. The summed E-state index contributed by atoms with van der Waals surface area (Å²) in [6.45, 7) is 10.8. The summed E-state index contributed by atoms with van der Waals surface area (Å²) < 4.78 is 13.8. The van der Waals surface area contributed by atoms with Crippen molar-refractivity contribution in [1.29, 1.82) is 0 Å². The summed E-state index contributed by atoms with van der Waals surface area (Å²) in [5, 5.41) is 15.7. The van der Waals surface area contributed by atoms with Crippen molar-refractivity contribution in [2.45, 2.75) is 136 Å². The van der Waals surface area contributed by atoms with Gasteiger partial charge < -0.3 is 30.1 Å². The third kappa shape index (κ3) is 14.4. The van der Waals surface area contributed by atoms with E-state index in [4.69, 9.17) is 9.47 Å². The summed E-state index contributed by atoms with van der Waals surface area (Å²) in [6, 6.07) is 34.7. The van der Waals surface area contributed by atoms with Gasteiger partial charge >= 0.3 is 6.03 Å². The van der Waals surface area contributed by atoms with Crippen molar-refractivity contribution in [1.82, 2.24) is 15.5 Å². The Balaban J connectivity index is 1.29. The molecule has 57 heavy (non-hydrogen) atoms. The number of hydrogen-bond donors (Lipinski definition) is 3. The molecule has 4 atom stereocenters. The van der Waals surface area contributed by atoms with Gasteiger partial charge in [0.1, 0.15) is 0 Å². The number of nitrogens with zero attached hydrogens (tertiary/aromatic N) is 1. The normalized spacial score (nSPS) is 18.1. The molecule has 0 aromatic heterocycles. The van der Waals surface area contributed by atoms with E-state index in [0.717, 1.165) is 58.6 Å². The van der Waals surface area contributed by atoms with Crippen LogP contribution in [-0.4, -0.2) is 41.8 Å². The van der Waals surface area contributed by atoms with Crippen LogP contribution in [0.25, 0.3) is 11.1 Å². The highest BCUT2D eigenvalue weighted by Crippen LogP contribution is 2.42. The second-order valence-corrected chi connectivity index (χ2v) is 16.0. The fourth-order valence-corrected chi connectivity index (χ4v) is 7.90. The van der Waals surface area contributed by atoms with Gasteiger partial charge in [-0.2, -0.15) is 0 Å². The second kappa shape index (κ2) is 24.7. The van der Waals surface area contributed by atoms with Gasteiger partial charge in [0.25, 0.3) is 0 Å². The van der Waals surface area contributed by atoms with Gasteiger partial charge in [0.2, 0.25) is 0 Å². The molecule has 0 spiro atoms. The first-order valence-electron chi connectivity index (χ1n) is 22.0. The van der Waals surface area contributed by atoms with E-state index in [9.17, 15) is 9.90 Å². The van der Waals surface area contributed by atoms with Gasteiger partial charge in [-0.25, -0.2) is 4.79 Å². The van der Waals surface area contributed by atoms with Crippen LogP contribution in [0, 0.1) is 5.92 Å². The van der Waals surface area contributed by atoms with Gasteiger partial charge in [-0.1, -0.05) is 188 Å². The molecule has 0 unspecified atom stereocenters. The third-order valence-corrected chi connectivity index (χ3v) is 11.5. The number of amides is 2. The van der Waals surface area contributed by atoms with Crippen LogP contribution < -0.4 is 10.6 Å². The number of rotatable bonds is 24. The molecule has 5 rings (SSSR count). The van der Waals surface area contributed by atoms with E-state index in [1.165, 1.54) is 77.0 Å². The van der Waals surface area contributed by atoms with Crippen molar-refractivity contribution in [3.63, 3.8) is 0 Å². The van der Waals surface area contributed by atoms with Gasteiger partial charge in [0, 0.05) is 31.1 Å². The fraction of sp³-hybridized carbons (Fsp3) is 0.500. The molecule has 3 N–H and O–H groups in total. The van der Waals surface area contributed by atoms with Crippen molar-refractivity contribution in [2.24, 2.45) is 5.92 Å². The maximum Gasteiger partial charge on any atom is 0.315 e. The number of unbranched alkanes of at least 4 members (excludes halogenated alkanes) is 10. The minimum absolute atomic E-state index is 0.00837. The molecule has 308 valence electrons. The second-order valence-electron chi connectivity index (χ2n) is 16.0. The standard InChI is InChI=1S/C50H69N3O4/c1-4-6-8-10-12-19-33-53(34-20-13-11-9-7-5-2)37-47-39(3)48(43-27-25-41(38-54)26-28-43)57-49(56-47)44-31-29-42(30-32-44)46-24-18-17-23-45(46)36-52-50(55)51-35-40-21-15-14-16-22-40/h14-18,21-32,39,47-49,54H,4-13,19-20,33-38H2,1-3H3,(H2,51,52,55)/t39-,47+,48+,49+/m0/s1. The van der Waals surface area contributed by atoms with E-state index < -0.39 is 6.29 Å². The number of aliphatic hydroxyl groups excluding tert-OH is 1. The molecule has 1 saturated heterocycles. The number of aliphatic hydroxyl groups is 1. The molecule has 1 aliphatic heterocycles. The Labute approximate surface area is 343 Å². The number of urea groups is 1. The SMILES string of the molecule is CCCCCCCCN(CCCCCCCC)C[C@H]1O[C@@H](c2ccc(-c3ccccc3CNC(=O)NCc3ccccc3)cc2)O[C@@H](c2ccc(CO)cc2)[C@H]1C. The predicted molar refractivity (Wildman–Crippen MR) is 234 cm³/mol. The third-order valence-electron chi connectivity index (χ3n) is 11.5. The molecular weight excluding hydrogens is 707 g/mol. The minimum atomic E-state index is -0.516. The van der Waals surface area contributed by atoms with E-state index >= 15 is 0 Å². The number of ether oxygens (including phenoxy) is 2. The van der Waals surface area contributed by atoms with Crippen LogP contribution in [0.3, 0.4) is 0 Å². The number of nitrogens with one attached hydrogen (secondary N) is 2. The summed E-state index contributed by atoms with van der Waals surface area (Å²) in [5.74, 6) is 0.140. The minimum Gasteiger partial charge on any atom is -0.392 e. The molecule has 1 heterocycles. The molecule has 0 radical (unpaired) electrons. The maximum absolute atomic E-state index is 12.7. The lowest BCUT2D eigenvalue weighted by molar-refractivity contribution is -0.276. The van der Waals surface area contributed by atoms with E-state index in [2.05, 4.69) is 84.8 Å². The number of carbonyl (C=O) groups is 1. The van der Waals surface area contributed by atoms with Crippen LogP contribution in [0.4, 0.5) is 4.79 Å². The van der Waals surface area contributed by atoms with Gasteiger partial charge in [0.05, 0.1) is 18.8 Å². The topological polar surface area (TPSA) is 83.1 Å². The van der Waals surface area contributed by atoms with Crippen molar-refractivity contribution >= 4 is 6.03 Å². The molecule has 0 saturated carbocycles. The van der Waals surface area contributed by atoms with Crippen molar-refractivity contribution in [3.8, 4) is 11.1 Å². The Hall–Kier alpha value is -4.01. The number of carbonyl (C=O) groups excluding carboxylic acids is 1. The van der Waals surface area contributed by atoms with Crippen molar-refractivity contribution in [3.05, 3.63) is 131 Å². The fourth-order valence-electron chi connectivity index (χ4n) is 7.90. The van der Waals surface area contributed by atoms with Gasteiger partial charge in [0.15, 0.2) is 6.29 Å². The molecule has 2 amide bonds. The van der Waals surface area contributed by atoms with Crippen LogP contribution in [0.2, 0.25) is 0 Å². The van der Waals surface area contributed by atoms with Crippen LogP contribution in [0.15, 0.2) is 103 Å². The molecule has 4 aromatic carbocycles. The van der Waals surface area contributed by atoms with E-state index in [1.54, 1.807) is 0 Å². The van der Waals surface area contributed by atoms with Crippen molar-refractivity contribution in [2.75, 3.05) is 19.6 Å². The molecule has 7 heteroatoms. The van der Waals surface area contributed by atoms with Crippen LogP contribution in [0.5, 0.6) is 0 Å². The summed E-state index contributed by atoms with van der Waals surface area (Å²) >= 11 is 0. The summed E-state index contributed by atoms with van der Waals surface area (Å²) in [5.41, 5.74) is 7.25. The summed E-state index contributed by atoms with van der Waals surface area (Å²) in [4.78, 5) is 15.3. The quantitative estimate of drug-likeness (QED) is 0.0618. The monoisotopic (exact) mass is 776 g/mol. The van der Waals surface area contributed by atoms with Crippen molar-refractivity contribution < 1.29 is 19.4 Å². The van der Waals surface area contributed by atoms with Gasteiger partial charge in [-0.05, 0) is 59.3 Å².